The first-order valence-corrected chi connectivity index (χ1v) is 7.84. The minimum Gasteiger partial charge on any atom is -0.462 e. The minimum atomic E-state index is -0.444. The molecule has 2 heterocycles. The molecule has 1 aliphatic heterocycles. The van der Waals surface area contributed by atoms with Crippen molar-refractivity contribution in [3.63, 3.8) is 0 Å². The van der Waals surface area contributed by atoms with Gasteiger partial charge in [-0.1, -0.05) is 28.9 Å². The Morgan fingerprint density at radius 3 is 2.65 bits per heavy atom. The molecule has 0 bridgehead atoms. The lowest BCUT2D eigenvalue weighted by Gasteiger charge is -2.26. The van der Waals surface area contributed by atoms with Crippen LogP contribution in [-0.4, -0.2) is 44.0 Å². The second-order valence-corrected chi connectivity index (χ2v) is 5.47. The normalized spacial score (nSPS) is 14.8. The molecular formula is C16H17ClN2O4. The molecule has 0 atom stereocenters. The van der Waals surface area contributed by atoms with Crippen molar-refractivity contribution < 1.29 is 18.8 Å². The summed E-state index contributed by atoms with van der Waals surface area (Å²) in [5.41, 5.74) is 1.55. The lowest BCUT2D eigenvalue weighted by molar-refractivity contribution is 0.0526. The van der Waals surface area contributed by atoms with Gasteiger partial charge in [-0.3, -0.25) is 0 Å². The van der Waals surface area contributed by atoms with Crippen LogP contribution in [0.15, 0.2) is 28.8 Å². The smallest absolute Gasteiger partial charge is 0.346 e. The van der Waals surface area contributed by atoms with Gasteiger partial charge in [-0.25, -0.2) is 4.79 Å². The van der Waals surface area contributed by atoms with Gasteiger partial charge in [0.1, 0.15) is 5.69 Å². The minimum absolute atomic E-state index is 0.284. The van der Waals surface area contributed by atoms with E-state index >= 15 is 0 Å². The van der Waals surface area contributed by atoms with Gasteiger partial charge >= 0.3 is 5.97 Å². The largest absolute Gasteiger partial charge is 0.462 e. The lowest BCUT2D eigenvalue weighted by Crippen LogP contribution is -2.36. The van der Waals surface area contributed by atoms with Gasteiger partial charge in [0.15, 0.2) is 5.56 Å². The fourth-order valence-corrected chi connectivity index (χ4v) is 2.58. The first-order valence-electron chi connectivity index (χ1n) is 7.46. The highest BCUT2D eigenvalue weighted by Crippen LogP contribution is 2.33. The molecule has 2 aromatic rings. The molecule has 0 aliphatic carbocycles. The quantitative estimate of drug-likeness (QED) is 0.800. The molecule has 0 unspecified atom stereocenters. The van der Waals surface area contributed by atoms with Crippen LogP contribution in [0.25, 0.3) is 11.3 Å². The Hall–Kier alpha value is -2.05. The van der Waals surface area contributed by atoms with Crippen molar-refractivity contribution >= 4 is 23.5 Å². The second-order valence-electron chi connectivity index (χ2n) is 5.04. The number of benzene rings is 1. The van der Waals surface area contributed by atoms with Gasteiger partial charge in [0.05, 0.1) is 19.8 Å². The van der Waals surface area contributed by atoms with E-state index in [4.69, 9.17) is 25.6 Å². The van der Waals surface area contributed by atoms with Crippen molar-refractivity contribution in [2.24, 2.45) is 0 Å². The zero-order valence-electron chi connectivity index (χ0n) is 12.8. The molecule has 0 amide bonds. The Morgan fingerprint density at radius 1 is 1.30 bits per heavy atom. The topological polar surface area (TPSA) is 64.8 Å². The highest BCUT2D eigenvalue weighted by atomic mass is 35.5. The molecular weight excluding hydrogens is 320 g/mol. The summed E-state index contributed by atoms with van der Waals surface area (Å²) < 4.78 is 16.0. The van der Waals surface area contributed by atoms with Crippen LogP contribution in [0, 0.1) is 0 Å². The van der Waals surface area contributed by atoms with Crippen molar-refractivity contribution in [2.75, 3.05) is 37.8 Å². The summed E-state index contributed by atoms with van der Waals surface area (Å²) in [5.74, 6) is -0.0168. The van der Waals surface area contributed by atoms with Gasteiger partial charge in [0, 0.05) is 23.7 Å². The number of aromatic nitrogens is 1. The third kappa shape index (κ3) is 3.33. The van der Waals surface area contributed by atoms with Crippen LogP contribution >= 0.6 is 11.6 Å². The Balaban J connectivity index is 2.03. The van der Waals surface area contributed by atoms with E-state index in [-0.39, 0.29) is 6.61 Å². The summed E-state index contributed by atoms with van der Waals surface area (Å²) in [6.07, 6.45) is 0. The Morgan fingerprint density at radius 2 is 2.00 bits per heavy atom. The van der Waals surface area contributed by atoms with Gasteiger partial charge in [-0.2, -0.15) is 0 Å². The fraction of sp³-hybridized carbons (Fsp3) is 0.375. The number of hydrogen-bond donors (Lipinski definition) is 0. The molecule has 0 spiro atoms. The number of ether oxygens (including phenoxy) is 2. The first kappa shape index (κ1) is 15.8. The van der Waals surface area contributed by atoms with Crippen LogP contribution in [0.4, 0.5) is 5.88 Å². The number of morpholine rings is 1. The number of rotatable bonds is 4. The summed E-state index contributed by atoms with van der Waals surface area (Å²) in [6, 6.07) is 7.09. The van der Waals surface area contributed by atoms with Gasteiger partial charge in [-0.15, -0.1) is 0 Å². The van der Waals surface area contributed by atoms with Gasteiger partial charge in [0.2, 0.25) is 5.88 Å². The van der Waals surface area contributed by atoms with Gasteiger partial charge in [-0.05, 0) is 19.1 Å². The van der Waals surface area contributed by atoms with Crippen molar-refractivity contribution in [1.82, 2.24) is 5.16 Å². The monoisotopic (exact) mass is 336 g/mol. The number of carbonyl (C=O) groups excluding carboxylic acids is 1. The van der Waals surface area contributed by atoms with Crippen LogP contribution in [0.5, 0.6) is 0 Å². The molecule has 1 aromatic carbocycles. The van der Waals surface area contributed by atoms with E-state index in [0.717, 1.165) is 5.56 Å². The van der Waals surface area contributed by atoms with E-state index < -0.39 is 5.97 Å². The summed E-state index contributed by atoms with van der Waals surface area (Å²) in [6.45, 7) is 4.50. The van der Waals surface area contributed by atoms with E-state index in [2.05, 4.69) is 5.16 Å². The fourth-order valence-electron chi connectivity index (χ4n) is 2.46. The van der Waals surface area contributed by atoms with E-state index in [0.29, 0.717) is 48.5 Å². The molecule has 0 radical (unpaired) electrons. The Bertz CT molecular complexity index is 678. The molecule has 6 nitrogen and oxygen atoms in total. The second kappa shape index (κ2) is 7.02. The van der Waals surface area contributed by atoms with Crippen molar-refractivity contribution in [3.8, 4) is 11.3 Å². The number of anilines is 1. The van der Waals surface area contributed by atoms with Crippen LogP contribution in [0.1, 0.15) is 17.3 Å². The average Bonchev–Trinajstić information content (AvgIpc) is 3.01. The SMILES string of the molecule is CCOC(=O)c1c(-c2ccc(Cl)cc2)noc1N1CCOCC1. The summed E-state index contributed by atoms with van der Waals surface area (Å²) in [7, 11) is 0. The molecule has 0 N–H and O–H groups in total. The predicted octanol–water partition coefficient (Wildman–Crippen LogP) is 3.01. The zero-order valence-corrected chi connectivity index (χ0v) is 13.5. The van der Waals surface area contributed by atoms with E-state index in [1.807, 2.05) is 4.90 Å². The third-order valence-electron chi connectivity index (χ3n) is 3.57. The summed E-state index contributed by atoms with van der Waals surface area (Å²) in [4.78, 5) is 14.4. The van der Waals surface area contributed by atoms with Gasteiger partial charge in [0.25, 0.3) is 0 Å². The number of carbonyl (C=O) groups is 1. The number of esters is 1. The summed E-state index contributed by atoms with van der Waals surface area (Å²) in [5, 5.41) is 4.71. The number of halogens is 1. The molecule has 7 heteroatoms. The number of nitrogens with zero attached hydrogens (tertiary/aromatic N) is 2. The molecule has 23 heavy (non-hydrogen) atoms. The maximum atomic E-state index is 12.4. The van der Waals surface area contributed by atoms with Crippen LogP contribution in [-0.2, 0) is 9.47 Å². The molecule has 0 saturated carbocycles. The predicted molar refractivity (Wildman–Crippen MR) is 85.9 cm³/mol. The van der Waals surface area contributed by atoms with E-state index in [9.17, 15) is 4.79 Å². The van der Waals surface area contributed by atoms with Crippen molar-refractivity contribution in [2.45, 2.75) is 6.92 Å². The van der Waals surface area contributed by atoms with Gasteiger partial charge < -0.3 is 18.9 Å². The van der Waals surface area contributed by atoms with Crippen molar-refractivity contribution in [3.05, 3.63) is 34.9 Å². The number of hydrogen-bond acceptors (Lipinski definition) is 6. The Kier molecular flexibility index (Phi) is 4.83. The first-order chi connectivity index (χ1) is 11.2. The van der Waals surface area contributed by atoms with E-state index in [1.165, 1.54) is 0 Å². The highest BCUT2D eigenvalue weighted by molar-refractivity contribution is 6.30. The standard InChI is InChI=1S/C16H17ClN2O4/c1-2-22-16(20)13-14(11-3-5-12(17)6-4-11)18-23-15(13)19-7-9-21-10-8-19/h3-6H,2,7-10H2,1H3. The summed E-state index contributed by atoms with van der Waals surface area (Å²) >= 11 is 5.92. The van der Waals surface area contributed by atoms with Crippen molar-refractivity contribution in [1.29, 1.82) is 0 Å². The van der Waals surface area contributed by atoms with Crippen LogP contribution in [0.2, 0.25) is 5.02 Å². The lowest BCUT2D eigenvalue weighted by atomic mass is 10.1. The van der Waals surface area contributed by atoms with Crippen LogP contribution < -0.4 is 4.90 Å². The molecule has 1 aromatic heterocycles. The molecule has 3 rings (SSSR count). The molecule has 1 aliphatic rings. The highest BCUT2D eigenvalue weighted by Gasteiger charge is 2.29. The third-order valence-corrected chi connectivity index (χ3v) is 3.82. The maximum Gasteiger partial charge on any atom is 0.346 e. The van der Waals surface area contributed by atoms with Crippen LogP contribution in [0.3, 0.4) is 0 Å². The average molecular weight is 337 g/mol. The van der Waals surface area contributed by atoms with E-state index in [1.54, 1.807) is 31.2 Å². The molecule has 1 fully saturated rings. The molecule has 1 saturated heterocycles. The molecule has 122 valence electrons. The Labute approximate surface area is 138 Å². The maximum absolute atomic E-state index is 12.4. The zero-order chi connectivity index (χ0) is 16.2.